The van der Waals surface area contributed by atoms with Gasteiger partial charge in [0.1, 0.15) is 6.54 Å². The minimum Gasteiger partial charge on any atom is -0.368 e. The normalized spacial score (nSPS) is 10.7. The second kappa shape index (κ2) is 8.44. The van der Waals surface area contributed by atoms with Crippen molar-refractivity contribution in [3.05, 3.63) is 64.1 Å². The molecule has 0 aliphatic heterocycles. The van der Waals surface area contributed by atoms with Crippen LogP contribution in [0.15, 0.2) is 53.7 Å². The summed E-state index contributed by atoms with van der Waals surface area (Å²) in [7, 11) is 0. The summed E-state index contributed by atoms with van der Waals surface area (Å²) in [6.07, 6.45) is 0. The number of nitrogens with two attached hydrogens (primary N) is 1. The van der Waals surface area contributed by atoms with Crippen molar-refractivity contribution in [3.8, 4) is 0 Å². The molecule has 26 heavy (non-hydrogen) atoms. The molecule has 0 saturated heterocycles. The molecule has 0 fully saturated rings. The summed E-state index contributed by atoms with van der Waals surface area (Å²) in [6, 6.07) is 14.8. The Balaban J connectivity index is 1.66. The number of nitrogens with zero attached hydrogens (tertiary/aromatic N) is 3. The Bertz CT molecular complexity index is 917. The van der Waals surface area contributed by atoms with Gasteiger partial charge in [-0.25, -0.2) is 0 Å². The molecule has 134 valence electrons. The smallest absolute Gasteiger partial charge is 0.244 e. The van der Waals surface area contributed by atoms with E-state index in [1.54, 1.807) is 22.8 Å². The van der Waals surface area contributed by atoms with Crippen LogP contribution in [0.4, 0.5) is 11.6 Å². The van der Waals surface area contributed by atoms with Crippen molar-refractivity contribution in [3.63, 3.8) is 0 Å². The molecule has 1 aromatic heterocycles. The van der Waals surface area contributed by atoms with Gasteiger partial charge < -0.3 is 11.1 Å². The van der Waals surface area contributed by atoms with Crippen molar-refractivity contribution in [2.75, 3.05) is 11.1 Å². The molecule has 0 unspecified atom stereocenters. The fourth-order valence-corrected chi connectivity index (χ4v) is 3.39. The minimum absolute atomic E-state index is 0.00377. The molecule has 0 bridgehead atoms. The molecule has 0 aliphatic carbocycles. The summed E-state index contributed by atoms with van der Waals surface area (Å²) < 4.78 is 1.57. The zero-order chi connectivity index (χ0) is 18.5. The largest absolute Gasteiger partial charge is 0.368 e. The number of nitrogens with one attached hydrogen (secondary N) is 1. The molecule has 1 amide bonds. The Labute approximate surface area is 164 Å². The van der Waals surface area contributed by atoms with Crippen LogP contribution < -0.4 is 11.1 Å². The van der Waals surface area contributed by atoms with Gasteiger partial charge in [0.25, 0.3) is 0 Å². The molecule has 0 saturated carbocycles. The number of hydrogen-bond acceptors (Lipinski definition) is 5. The van der Waals surface area contributed by atoms with Crippen molar-refractivity contribution in [2.24, 2.45) is 0 Å². The molecule has 0 radical (unpaired) electrons. The van der Waals surface area contributed by atoms with Gasteiger partial charge in [0.2, 0.25) is 11.9 Å². The average molecular weight is 408 g/mol. The van der Waals surface area contributed by atoms with E-state index >= 15 is 0 Å². The predicted molar refractivity (Wildman–Crippen MR) is 106 cm³/mol. The fraction of sp³-hybridized carbons (Fsp3) is 0.118. The third-order valence-corrected chi connectivity index (χ3v) is 5.24. The SMILES string of the molecule is Nc1nnc(SCc2ccccc2)n1CC(=O)Nc1ccc(Cl)c(Cl)c1. The van der Waals surface area contributed by atoms with Gasteiger partial charge in [0, 0.05) is 11.4 Å². The highest BCUT2D eigenvalue weighted by Crippen LogP contribution is 2.25. The lowest BCUT2D eigenvalue weighted by Crippen LogP contribution is -2.20. The second-order valence-corrected chi connectivity index (χ2v) is 7.14. The van der Waals surface area contributed by atoms with Crippen LogP contribution in [0.3, 0.4) is 0 Å². The van der Waals surface area contributed by atoms with Crippen molar-refractivity contribution in [2.45, 2.75) is 17.5 Å². The molecule has 9 heteroatoms. The summed E-state index contributed by atoms with van der Waals surface area (Å²) in [6.45, 7) is -0.00377. The standard InChI is InChI=1S/C17H15Cl2N5OS/c18-13-7-6-12(8-14(13)19)21-15(25)9-24-16(20)22-23-17(24)26-10-11-4-2-1-3-5-11/h1-8H,9-10H2,(H2,20,22)(H,21,25). The zero-order valence-corrected chi connectivity index (χ0v) is 15.9. The maximum Gasteiger partial charge on any atom is 0.244 e. The fourth-order valence-electron chi connectivity index (χ4n) is 2.20. The first-order chi connectivity index (χ1) is 12.5. The molecule has 0 atom stereocenters. The highest BCUT2D eigenvalue weighted by molar-refractivity contribution is 7.98. The van der Waals surface area contributed by atoms with Gasteiger partial charge in [-0.05, 0) is 23.8 Å². The minimum atomic E-state index is -0.267. The highest BCUT2D eigenvalue weighted by Gasteiger charge is 2.14. The van der Waals surface area contributed by atoms with Gasteiger partial charge in [-0.15, -0.1) is 10.2 Å². The van der Waals surface area contributed by atoms with Crippen LogP contribution in [0.25, 0.3) is 0 Å². The number of halogens is 2. The summed E-state index contributed by atoms with van der Waals surface area (Å²) in [5.41, 5.74) is 7.55. The number of carbonyl (C=O) groups excluding carboxylic acids is 1. The summed E-state index contributed by atoms with van der Waals surface area (Å²) in [5, 5.41) is 12.0. The maximum absolute atomic E-state index is 12.3. The van der Waals surface area contributed by atoms with Gasteiger partial charge in [-0.3, -0.25) is 9.36 Å². The number of anilines is 2. The molecule has 2 aromatic carbocycles. The number of rotatable bonds is 6. The number of aromatic nitrogens is 3. The summed E-state index contributed by atoms with van der Waals surface area (Å²) in [5.74, 6) is 0.620. The number of thioether (sulfide) groups is 1. The highest BCUT2D eigenvalue weighted by atomic mass is 35.5. The number of hydrogen-bond donors (Lipinski definition) is 2. The lowest BCUT2D eigenvalue weighted by atomic mass is 10.2. The van der Waals surface area contributed by atoms with E-state index in [-0.39, 0.29) is 18.4 Å². The van der Waals surface area contributed by atoms with Crippen LogP contribution in [0.2, 0.25) is 10.0 Å². The first-order valence-electron chi connectivity index (χ1n) is 7.63. The van der Waals surface area contributed by atoms with Crippen LogP contribution in [0, 0.1) is 0 Å². The molecule has 0 aliphatic rings. The topological polar surface area (TPSA) is 85.8 Å². The molecule has 1 heterocycles. The van der Waals surface area contributed by atoms with E-state index in [0.717, 1.165) is 5.56 Å². The third-order valence-electron chi connectivity index (χ3n) is 3.46. The quantitative estimate of drug-likeness (QED) is 0.600. The van der Waals surface area contributed by atoms with E-state index in [9.17, 15) is 4.79 Å². The van der Waals surface area contributed by atoms with Crippen LogP contribution >= 0.6 is 35.0 Å². The van der Waals surface area contributed by atoms with Gasteiger partial charge in [0.05, 0.1) is 10.0 Å². The van der Waals surface area contributed by atoms with Gasteiger partial charge in [-0.1, -0.05) is 65.3 Å². The summed E-state index contributed by atoms with van der Waals surface area (Å²) in [4.78, 5) is 12.3. The van der Waals surface area contributed by atoms with Crippen molar-refractivity contribution in [1.82, 2.24) is 14.8 Å². The molecule has 3 rings (SSSR count). The van der Waals surface area contributed by atoms with E-state index in [4.69, 9.17) is 28.9 Å². The van der Waals surface area contributed by atoms with Crippen molar-refractivity contribution in [1.29, 1.82) is 0 Å². The third kappa shape index (κ3) is 4.69. The molecular formula is C17H15Cl2N5OS. The Morgan fingerprint density at radius 1 is 1.12 bits per heavy atom. The first kappa shape index (κ1) is 18.6. The van der Waals surface area contributed by atoms with Gasteiger partial charge in [0.15, 0.2) is 5.16 Å². The lowest BCUT2D eigenvalue weighted by Gasteiger charge is -2.09. The Kier molecular flexibility index (Phi) is 6.03. The van der Waals surface area contributed by atoms with E-state index in [1.807, 2.05) is 30.3 Å². The average Bonchev–Trinajstić information content (AvgIpc) is 2.97. The molecule has 3 aromatic rings. The Morgan fingerprint density at radius 2 is 1.88 bits per heavy atom. The number of benzene rings is 2. The van der Waals surface area contributed by atoms with Crippen LogP contribution in [-0.2, 0) is 17.1 Å². The van der Waals surface area contributed by atoms with Gasteiger partial charge >= 0.3 is 0 Å². The van der Waals surface area contributed by atoms with Crippen LogP contribution in [-0.4, -0.2) is 20.7 Å². The first-order valence-corrected chi connectivity index (χ1v) is 9.37. The Morgan fingerprint density at radius 3 is 2.62 bits per heavy atom. The zero-order valence-electron chi connectivity index (χ0n) is 13.5. The van der Waals surface area contributed by atoms with Crippen molar-refractivity contribution < 1.29 is 4.79 Å². The number of nitrogen functional groups attached to an aromatic ring is 1. The van der Waals surface area contributed by atoms with E-state index in [0.29, 0.717) is 26.6 Å². The monoisotopic (exact) mass is 407 g/mol. The van der Waals surface area contributed by atoms with E-state index < -0.39 is 0 Å². The summed E-state index contributed by atoms with van der Waals surface area (Å²) >= 11 is 13.3. The Hall–Kier alpha value is -2.22. The molecular weight excluding hydrogens is 393 g/mol. The lowest BCUT2D eigenvalue weighted by molar-refractivity contribution is -0.116. The van der Waals surface area contributed by atoms with E-state index in [1.165, 1.54) is 11.8 Å². The second-order valence-electron chi connectivity index (χ2n) is 5.38. The predicted octanol–water partition coefficient (Wildman–Crippen LogP) is 4.10. The molecule has 3 N–H and O–H groups in total. The molecule has 0 spiro atoms. The maximum atomic E-state index is 12.3. The van der Waals surface area contributed by atoms with E-state index in [2.05, 4.69) is 15.5 Å². The number of carbonyl (C=O) groups is 1. The van der Waals surface area contributed by atoms with Crippen LogP contribution in [0.1, 0.15) is 5.56 Å². The number of amides is 1. The van der Waals surface area contributed by atoms with Gasteiger partial charge in [-0.2, -0.15) is 0 Å². The van der Waals surface area contributed by atoms with Crippen LogP contribution in [0.5, 0.6) is 0 Å². The van der Waals surface area contributed by atoms with Crippen molar-refractivity contribution >= 4 is 52.5 Å². The molecule has 6 nitrogen and oxygen atoms in total.